The minimum absolute atomic E-state index is 0.165. The molecule has 1 unspecified atom stereocenters. The second-order valence-electron chi connectivity index (χ2n) is 6.84. The third-order valence-electron chi connectivity index (χ3n) is 5.13. The zero-order valence-electron chi connectivity index (χ0n) is 15.1. The lowest BCUT2D eigenvalue weighted by Gasteiger charge is -2.33. The first kappa shape index (κ1) is 17.0. The van der Waals surface area contributed by atoms with Gasteiger partial charge in [-0.1, -0.05) is 18.2 Å². The van der Waals surface area contributed by atoms with Crippen molar-refractivity contribution in [2.24, 2.45) is 0 Å². The average molecular weight is 352 g/mol. The van der Waals surface area contributed by atoms with Crippen LogP contribution in [0.4, 0.5) is 5.69 Å². The van der Waals surface area contributed by atoms with Gasteiger partial charge in [0.05, 0.1) is 18.8 Å². The monoisotopic (exact) mass is 352 g/mol. The number of aryl methyl sites for hydroxylation is 1. The fraction of sp³-hybridized carbons (Fsp3) is 0.450. The number of carbonyl (C=O) groups excluding carboxylic acids is 1. The molecule has 1 fully saturated rings. The minimum atomic E-state index is -0.165. The van der Waals surface area contributed by atoms with Gasteiger partial charge in [0.25, 0.3) is 0 Å². The number of hydrogen-bond acceptors (Lipinski definition) is 5. The maximum Gasteiger partial charge on any atom is 0.224 e. The molecule has 0 saturated carbocycles. The van der Waals surface area contributed by atoms with Crippen LogP contribution in [0.15, 0.2) is 36.5 Å². The van der Waals surface area contributed by atoms with Gasteiger partial charge in [-0.05, 0) is 31.0 Å². The molecule has 136 valence electrons. The third-order valence-corrected chi connectivity index (χ3v) is 5.13. The lowest BCUT2D eigenvalue weighted by atomic mass is 10.1. The molecule has 2 aliphatic heterocycles. The molecular weight excluding hydrogens is 328 g/mol. The van der Waals surface area contributed by atoms with Crippen molar-refractivity contribution in [3.8, 4) is 0 Å². The summed E-state index contributed by atoms with van der Waals surface area (Å²) < 4.78 is 5.83. The highest BCUT2D eigenvalue weighted by atomic mass is 16.5. The number of anilines is 1. The van der Waals surface area contributed by atoms with Gasteiger partial charge in [-0.25, -0.2) is 9.97 Å². The second-order valence-corrected chi connectivity index (χ2v) is 6.84. The van der Waals surface area contributed by atoms with Crippen LogP contribution in [0.3, 0.4) is 0 Å². The molecule has 26 heavy (non-hydrogen) atoms. The van der Waals surface area contributed by atoms with Crippen LogP contribution in [0.1, 0.15) is 29.6 Å². The summed E-state index contributed by atoms with van der Waals surface area (Å²) in [4.78, 5) is 25.5. The molecule has 6 heteroatoms. The predicted octanol–water partition coefficient (Wildman–Crippen LogP) is 2.14. The highest BCUT2D eigenvalue weighted by Crippen LogP contribution is 2.27. The largest absolute Gasteiger partial charge is 0.370 e. The Labute approximate surface area is 153 Å². The minimum Gasteiger partial charge on any atom is -0.370 e. The van der Waals surface area contributed by atoms with E-state index in [1.54, 1.807) is 6.20 Å². The summed E-state index contributed by atoms with van der Waals surface area (Å²) in [6, 6.07) is 10.3. The maximum atomic E-state index is 12.7. The van der Waals surface area contributed by atoms with Gasteiger partial charge in [0, 0.05) is 37.9 Å². The number of fused-ring (bicyclic) bond motifs is 1. The summed E-state index contributed by atoms with van der Waals surface area (Å²) in [6.07, 6.45) is 3.18. The number of morpholine rings is 1. The number of ether oxygens (including phenoxy) is 1. The molecule has 1 saturated heterocycles. The molecule has 3 heterocycles. The van der Waals surface area contributed by atoms with Gasteiger partial charge >= 0.3 is 0 Å². The van der Waals surface area contributed by atoms with Crippen molar-refractivity contribution in [2.75, 3.05) is 37.7 Å². The molecule has 1 amide bonds. The van der Waals surface area contributed by atoms with Crippen molar-refractivity contribution in [2.45, 2.75) is 25.9 Å². The summed E-state index contributed by atoms with van der Waals surface area (Å²) >= 11 is 0. The van der Waals surface area contributed by atoms with E-state index in [0.29, 0.717) is 26.1 Å². The molecule has 1 atom stereocenters. The molecule has 2 aliphatic rings. The van der Waals surface area contributed by atoms with Crippen LogP contribution in [0.25, 0.3) is 0 Å². The van der Waals surface area contributed by atoms with E-state index in [0.717, 1.165) is 31.0 Å². The van der Waals surface area contributed by atoms with Crippen molar-refractivity contribution in [3.63, 3.8) is 0 Å². The van der Waals surface area contributed by atoms with E-state index in [9.17, 15) is 4.79 Å². The van der Waals surface area contributed by atoms with E-state index in [2.05, 4.69) is 39.1 Å². The van der Waals surface area contributed by atoms with Crippen molar-refractivity contribution in [1.29, 1.82) is 0 Å². The van der Waals surface area contributed by atoms with Gasteiger partial charge in [0.15, 0.2) is 0 Å². The van der Waals surface area contributed by atoms with Crippen molar-refractivity contribution in [1.82, 2.24) is 14.9 Å². The van der Waals surface area contributed by atoms with Crippen molar-refractivity contribution in [3.05, 3.63) is 53.6 Å². The topological polar surface area (TPSA) is 58.6 Å². The van der Waals surface area contributed by atoms with Crippen LogP contribution in [0.5, 0.6) is 0 Å². The van der Waals surface area contributed by atoms with Crippen molar-refractivity contribution < 1.29 is 9.53 Å². The summed E-state index contributed by atoms with van der Waals surface area (Å²) in [5, 5.41) is 0. The van der Waals surface area contributed by atoms with Gasteiger partial charge in [-0.15, -0.1) is 0 Å². The molecule has 0 N–H and O–H groups in total. The molecule has 0 spiro atoms. The Hall–Kier alpha value is -2.47. The summed E-state index contributed by atoms with van der Waals surface area (Å²) in [5.41, 5.74) is 3.51. The number of amides is 1. The van der Waals surface area contributed by atoms with Crippen LogP contribution in [-0.4, -0.2) is 53.6 Å². The smallest absolute Gasteiger partial charge is 0.224 e. The Morgan fingerprint density at radius 2 is 2.15 bits per heavy atom. The zero-order valence-corrected chi connectivity index (χ0v) is 15.1. The summed E-state index contributed by atoms with van der Waals surface area (Å²) in [6.45, 7) is 5.39. The van der Waals surface area contributed by atoms with Crippen LogP contribution in [0, 0.1) is 6.92 Å². The van der Waals surface area contributed by atoms with Gasteiger partial charge in [0.2, 0.25) is 5.91 Å². The fourth-order valence-corrected chi connectivity index (χ4v) is 3.74. The van der Waals surface area contributed by atoms with Crippen LogP contribution >= 0.6 is 0 Å². The van der Waals surface area contributed by atoms with E-state index >= 15 is 0 Å². The maximum absolute atomic E-state index is 12.7. The molecule has 2 aromatic rings. The lowest BCUT2D eigenvalue weighted by molar-refractivity contribution is -0.138. The standard InChI is InChI=1S/C20H24N4O2/c1-15-21-9-6-17(22-15)19-14-24(12-13-26-19)20(25)8-11-23-10-7-16-4-2-3-5-18(16)23/h2-6,9,19H,7-8,10-14H2,1H3. The Balaban J connectivity index is 1.35. The first-order valence-corrected chi connectivity index (χ1v) is 9.22. The molecule has 1 aromatic heterocycles. The second kappa shape index (κ2) is 7.41. The van der Waals surface area contributed by atoms with Gasteiger partial charge < -0.3 is 14.5 Å². The molecule has 6 nitrogen and oxygen atoms in total. The number of rotatable bonds is 4. The predicted molar refractivity (Wildman–Crippen MR) is 99.0 cm³/mol. The molecule has 1 aromatic carbocycles. The highest BCUT2D eigenvalue weighted by molar-refractivity contribution is 5.77. The number of para-hydroxylation sites is 1. The zero-order chi connectivity index (χ0) is 17.9. The van der Waals surface area contributed by atoms with Crippen LogP contribution < -0.4 is 4.90 Å². The SMILES string of the molecule is Cc1nccc(C2CN(C(=O)CCN3CCc4ccccc43)CCO2)n1. The van der Waals surface area contributed by atoms with Gasteiger partial charge in [-0.3, -0.25) is 4.79 Å². The molecular formula is C20H24N4O2. The molecule has 0 aliphatic carbocycles. The number of nitrogens with zero attached hydrogens (tertiary/aromatic N) is 4. The van der Waals surface area contributed by atoms with Crippen LogP contribution in [0.2, 0.25) is 0 Å². The Morgan fingerprint density at radius 1 is 1.27 bits per heavy atom. The molecule has 4 rings (SSSR count). The molecule has 0 radical (unpaired) electrons. The number of aromatic nitrogens is 2. The summed E-state index contributed by atoms with van der Waals surface area (Å²) in [5.74, 6) is 0.913. The van der Waals surface area contributed by atoms with Gasteiger partial charge in [0.1, 0.15) is 11.9 Å². The highest BCUT2D eigenvalue weighted by Gasteiger charge is 2.27. The van der Waals surface area contributed by atoms with E-state index in [1.165, 1.54) is 11.3 Å². The molecule has 0 bridgehead atoms. The number of carbonyl (C=O) groups is 1. The fourth-order valence-electron chi connectivity index (χ4n) is 3.74. The normalized spacial score (nSPS) is 19.5. The van der Waals surface area contributed by atoms with Crippen LogP contribution in [-0.2, 0) is 16.0 Å². The van der Waals surface area contributed by atoms with Gasteiger partial charge in [-0.2, -0.15) is 0 Å². The Kier molecular flexibility index (Phi) is 4.84. The lowest BCUT2D eigenvalue weighted by Crippen LogP contribution is -2.43. The van der Waals surface area contributed by atoms with E-state index in [4.69, 9.17) is 4.74 Å². The van der Waals surface area contributed by atoms with Crippen molar-refractivity contribution >= 4 is 11.6 Å². The Bertz CT molecular complexity index is 795. The van der Waals surface area contributed by atoms with E-state index in [-0.39, 0.29) is 12.0 Å². The average Bonchev–Trinajstić information content (AvgIpc) is 3.09. The Morgan fingerprint density at radius 3 is 3.04 bits per heavy atom. The number of hydrogen-bond donors (Lipinski definition) is 0. The first-order chi connectivity index (χ1) is 12.7. The van der Waals surface area contributed by atoms with E-state index in [1.807, 2.05) is 17.9 Å². The number of benzene rings is 1. The summed E-state index contributed by atoms with van der Waals surface area (Å²) in [7, 11) is 0. The third kappa shape index (κ3) is 3.55. The van der Waals surface area contributed by atoms with E-state index < -0.39 is 0 Å². The first-order valence-electron chi connectivity index (χ1n) is 9.22. The quantitative estimate of drug-likeness (QED) is 0.844.